The summed E-state index contributed by atoms with van der Waals surface area (Å²) in [7, 11) is 0. The van der Waals surface area contributed by atoms with E-state index in [-0.39, 0.29) is 11.5 Å². The highest BCUT2D eigenvalue weighted by molar-refractivity contribution is 5.95. The number of nitrogens with two attached hydrogens (primary N) is 1. The van der Waals surface area contributed by atoms with E-state index in [1.165, 1.54) is 6.21 Å². The maximum atomic E-state index is 10.3. The van der Waals surface area contributed by atoms with E-state index in [1.54, 1.807) is 0 Å². The van der Waals surface area contributed by atoms with Gasteiger partial charge in [-0.15, -0.1) is 0 Å². The van der Waals surface area contributed by atoms with Crippen molar-refractivity contribution in [1.29, 1.82) is 0 Å². The summed E-state index contributed by atoms with van der Waals surface area (Å²) < 4.78 is 0. The number of carbonyl (C=O) groups is 1. The van der Waals surface area contributed by atoms with Gasteiger partial charge in [0.1, 0.15) is 5.76 Å². The molecule has 0 atom stereocenters. The number of rotatable bonds is 1. The van der Waals surface area contributed by atoms with Crippen molar-refractivity contribution in [1.82, 2.24) is 0 Å². The van der Waals surface area contributed by atoms with E-state index in [1.807, 2.05) is 0 Å². The minimum atomic E-state index is -0.679. The summed E-state index contributed by atoms with van der Waals surface area (Å²) in [6.45, 7) is 0. The third kappa shape index (κ3) is 0.910. The van der Waals surface area contributed by atoms with E-state index < -0.39 is 5.91 Å². The Balaban J connectivity index is 2.89. The molecule has 1 heterocycles. The monoisotopic (exact) mass is 126 g/mol. The first-order chi connectivity index (χ1) is 4.22. The van der Waals surface area contributed by atoms with Crippen molar-refractivity contribution in [3.05, 3.63) is 11.5 Å². The minimum absolute atomic E-state index is 0.0185. The maximum Gasteiger partial charge on any atom is 0.270 e. The fraction of sp³-hybridized carbons (Fsp3) is 0.200. The largest absolute Gasteiger partial charge is 0.509 e. The number of amides is 1. The molecule has 4 heteroatoms. The van der Waals surface area contributed by atoms with Gasteiger partial charge in [0.25, 0.3) is 5.91 Å². The fourth-order valence-electron chi connectivity index (χ4n) is 0.600. The first-order valence-corrected chi connectivity index (χ1v) is 2.46. The molecule has 1 rings (SSSR count). The van der Waals surface area contributed by atoms with Gasteiger partial charge in [-0.1, -0.05) is 0 Å². The summed E-state index contributed by atoms with van der Waals surface area (Å²) in [5.74, 6) is -0.719. The Labute approximate surface area is 51.7 Å². The van der Waals surface area contributed by atoms with Crippen LogP contribution in [-0.2, 0) is 4.79 Å². The van der Waals surface area contributed by atoms with Gasteiger partial charge < -0.3 is 10.8 Å². The first-order valence-electron chi connectivity index (χ1n) is 2.46. The fourth-order valence-corrected chi connectivity index (χ4v) is 0.600. The molecule has 1 amide bonds. The van der Waals surface area contributed by atoms with Gasteiger partial charge in [0.05, 0.1) is 0 Å². The second-order valence-electron chi connectivity index (χ2n) is 1.68. The Hall–Kier alpha value is -1.32. The lowest BCUT2D eigenvalue weighted by Gasteiger charge is -1.90. The van der Waals surface area contributed by atoms with E-state index in [9.17, 15) is 4.79 Å². The molecule has 0 fully saturated rings. The van der Waals surface area contributed by atoms with Gasteiger partial charge in [-0.3, -0.25) is 9.79 Å². The molecule has 0 saturated heterocycles. The molecule has 0 bridgehead atoms. The Morgan fingerprint density at radius 1 is 1.89 bits per heavy atom. The third-order valence-electron chi connectivity index (χ3n) is 1.01. The molecule has 0 aromatic heterocycles. The molecule has 0 aliphatic carbocycles. The molecule has 9 heavy (non-hydrogen) atoms. The highest BCUT2D eigenvalue weighted by Crippen LogP contribution is 2.11. The molecule has 0 unspecified atom stereocenters. The number of aliphatic hydroxyl groups excluding tert-OH is 1. The number of allylic oxidation sites excluding steroid dienone is 1. The number of aliphatic hydroxyl groups is 1. The summed E-state index contributed by atoms with van der Waals surface area (Å²) >= 11 is 0. The van der Waals surface area contributed by atoms with Crippen molar-refractivity contribution in [2.45, 2.75) is 6.42 Å². The van der Waals surface area contributed by atoms with Crippen LogP contribution in [0.5, 0.6) is 0 Å². The smallest absolute Gasteiger partial charge is 0.270 e. The summed E-state index contributed by atoms with van der Waals surface area (Å²) in [5.41, 5.74) is 4.80. The number of primary amides is 1. The quantitative estimate of drug-likeness (QED) is 0.506. The number of aliphatic imine (C=N–C) groups is 1. The van der Waals surface area contributed by atoms with Gasteiger partial charge in [0, 0.05) is 12.6 Å². The normalized spacial score (nSPS) is 16.9. The first kappa shape index (κ1) is 5.81. The molecule has 48 valence electrons. The van der Waals surface area contributed by atoms with Gasteiger partial charge >= 0.3 is 0 Å². The standard InChI is InChI=1S/C5H6N2O2/c6-5(9)4-3(8)1-2-7-4/h2,8H,1H2,(H2,6,9). The van der Waals surface area contributed by atoms with Gasteiger partial charge in [0.15, 0.2) is 5.70 Å². The molecule has 0 spiro atoms. The van der Waals surface area contributed by atoms with Gasteiger partial charge in [-0.05, 0) is 0 Å². The van der Waals surface area contributed by atoms with Crippen LogP contribution in [0.15, 0.2) is 16.4 Å². The number of carbonyl (C=O) groups excluding carboxylic acids is 1. The Morgan fingerprint density at radius 3 is 2.78 bits per heavy atom. The molecule has 0 aromatic carbocycles. The van der Waals surface area contributed by atoms with Crippen LogP contribution < -0.4 is 5.73 Å². The number of hydrogen-bond donors (Lipinski definition) is 2. The second kappa shape index (κ2) is 1.89. The third-order valence-corrected chi connectivity index (χ3v) is 1.01. The predicted octanol–water partition coefficient (Wildman–Crippen LogP) is -0.284. The van der Waals surface area contributed by atoms with Gasteiger partial charge in [-0.25, -0.2) is 0 Å². The molecule has 1 aliphatic heterocycles. The molecule has 0 radical (unpaired) electrons. The molecule has 3 N–H and O–H groups in total. The summed E-state index contributed by atoms with van der Waals surface area (Å²) in [4.78, 5) is 13.8. The zero-order valence-corrected chi connectivity index (χ0v) is 4.66. The number of hydrogen-bond acceptors (Lipinski definition) is 3. The van der Waals surface area contributed by atoms with Crippen molar-refractivity contribution < 1.29 is 9.90 Å². The Morgan fingerprint density at radius 2 is 2.56 bits per heavy atom. The highest BCUT2D eigenvalue weighted by Gasteiger charge is 2.13. The van der Waals surface area contributed by atoms with Gasteiger partial charge in [0.2, 0.25) is 0 Å². The van der Waals surface area contributed by atoms with Crippen LogP contribution in [0.2, 0.25) is 0 Å². The predicted molar refractivity (Wildman–Crippen MR) is 32.0 cm³/mol. The van der Waals surface area contributed by atoms with Crippen LogP contribution in [0.4, 0.5) is 0 Å². The van der Waals surface area contributed by atoms with E-state index in [2.05, 4.69) is 4.99 Å². The lowest BCUT2D eigenvalue weighted by atomic mass is 10.3. The van der Waals surface area contributed by atoms with E-state index in [0.717, 1.165) is 0 Å². The average Bonchev–Trinajstić information content (AvgIpc) is 2.13. The van der Waals surface area contributed by atoms with Crippen LogP contribution in [0.25, 0.3) is 0 Å². The average molecular weight is 126 g/mol. The molecule has 0 saturated carbocycles. The lowest BCUT2D eigenvalue weighted by Crippen LogP contribution is -2.12. The van der Waals surface area contributed by atoms with Crippen LogP contribution in [0.1, 0.15) is 6.42 Å². The molecular weight excluding hydrogens is 120 g/mol. The maximum absolute atomic E-state index is 10.3. The minimum Gasteiger partial charge on any atom is -0.509 e. The molecular formula is C5H6N2O2. The SMILES string of the molecule is NC(=O)C1=C(O)CC=N1. The van der Waals surface area contributed by atoms with Crippen molar-refractivity contribution in [3.8, 4) is 0 Å². The Kier molecular flexibility index (Phi) is 1.22. The van der Waals surface area contributed by atoms with E-state index in [0.29, 0.717) is 6.42 Å². The zero-order chi connectivity index (χ0) is 6.85. The van der Waals surface area contributed by atoms with Crippen LogP contribution in [0.3, 0.4) is 0 Å². The molecule has 1 aliphatic rings. The van der Waals surface area contributed by atoms with Crippen LogP contribution in [0, 0.1) is 0 Å². The van der Waals surface area contributed by atoms with Crippen molar-refractivity contribution in [2.24, 2.45) is 10.7 Å². The molecule has 4 nitrogen and oxygen atoms in total. The molecule has 0 aromatic rings. The topological polar surface area (TPSA) is 75.7 Å². The van der Waals surface area contributed by atoms with Gasteiger partial charge in [-0.2, -0.15) is 0 Å². The summed E-state index contributed by atoms with van der Waals surface area (Å²) in [5, 5.41) is 8.81. The van der Waals surface area contributed by atoms with Crippen LogP contribution >= 0.6 is 0 Å². The zero-order valence-electron chi connectivity index (χ0n) is 4.66. The second-order valence-corrected chi connectivity index (χ2v) is 1.68. The lowest BCUT2D eigenvalue weighted by molar-refractivity contribution is -0.114. The summed E-state index contributed by atoms with van der Waals surface area (Å²) in [6, 6.07) is 0. The summed E-state index contributed by atoms with van der Waals surface area (Å²) in [6.07, 6.45) is 1.76. The highest BCUT2D eigenvalue weighted by atomic mass is 16.3. The van der Waals surface area contributed by atoms with Crippen molar-refractivity contribution >= 4 is 12.1 Å². The Bertz CT molecular complexity index is 205. The van der Waals surface area contributed by atoms with Crippen molar-refractivity contribution in [3.63, 3.8) is 0 Å². The van der Waals surface area contributed by atoms with Crippen LogP contribution in [-0.4, -0.2) is 17.2 Å². The van der Waals surface area contributed by atoms with E-state index >= 15 is 0 Å². The number of nitrogens with zero attached hydrogens (tertiary/aromatic N) is 1. The van der Waals surface area contributed by atoms with E-state index in [4.69, 9.17) is 10.8 Å². The van der Waals surface area contributed by atoms with Crippen molar-refractivity contribution in [2.75, 3.05) is 0 Å².